The summed E-state index contributed by atoms with van der Waals surface area (Å²) in [4.78, 5) is 0.165. The third-order valence-corrected chi connectivity index (χ3v) is 7.37. The van der Waals surface area contributed by atoms with Crippen molar-refractivity contribution in [3.8, 4) is 0 Å². The molecule has 4 rings (SSSR count). The molecule has 9 heteroatoms. The largest absolute Gasteiger partial charge is 0.336 e. The monoisotopic (exact) mass is 406 g/mol. The van der Waals surface area contributed by atoms with Gasteiger partial charge < -0.3 is 0 Å². The fourth-order valence-corrected chi connectivity index (χ4v) is 5.92. The summed E-state index contributed by atoms with van der Waals surface area (Å²) in [6.45, 7) is 1.67. The first-order chi connectivity index (χ1) is 12.8. The van der Waals surface area contributed by atoms with E-state index in [1.807, 2.05) is 0 Å². The zero-order chi connectivity index (χ0) is 19.2. The van der Waals surface area contributed by atoms with Crippen LogP contribution in [-0.2, 0) is 24.5 Å². The van der Waals surface area contributed by atoms with Crippen molar-refractivity contribution < 1.29 is 21.0 Å². The molecule has 0 aliphatic carbocycles. The molecule has 3 aromatic rings. The van der Waals surface area contributed by atoms with Gasteiger partial charge in [0.2, 0.25) is 0 Å². The molecule has 2 heterocycles. The predicted octanol–water partition coefficient (Wildman–Crippen LogP) is 2.56. The molecule has 1 N–H and O–H groups in total. The molecule has 2 aromatic carbocycles. The predicted molar refractivity (Wildman–Crippen MR) is 101 cm³/mol. The Balaban J connectivity index is 1.90. The van der Waals surface area contributed by atoms with Crippen LogP contribution in [0.25, 0.3) is 10.9 Å². The zero-order valence-corrected chi connectivity index (χ0v) is 16.1. The molecule has 142 valence electrons. The van der Waals surface area contributed by atoms with Crippen molar-refractivity contribution in [1.82, 2.24) is 8.69 Å². The second-order valence-electron chi connectivity index (χ2n) is 6.48. The molecular formula is C18H18N2O5S2. The van der Waals surface area contributed by atoms with Crippen molar-refractivity contribution in [1.29, 1.82) is 0 Å². The second kappa shape index (κ2) is 6.45. The van der Waals surface area contributed by atoms with E-state index in [1.54, 1.807) is 49.4 Å². The highest BCUT2D eigenvalue weighted by Crippen LogP contribution is 2.34. The smallest absolute Gasteiger partial charge is 0.255 e. The molecule has 27 heavy (non-hydrogen) atoms. The van der Waals surface area contributed by atoms with E-state index < -0.39 is 32.5 Å². The lowest BCUT2D eigenvalue weighted by atomic mass is 10.0. The Bertz CT molecular complexity index is 1200. The molecule has 0 saturated carbocycles. The van der Waals surface area contributed by atoms with Crippen LogP contribution in [0.3, 0.4) is 0 Å². The van der Waals surface area contributed by atoms with E-state index in [0.717, 1.165) is 0 Å². The Kier molecular flexibility index (Phi) is 4.34. The van der Waals surface area contributed by atoms with Crippen LogP contribution in [0.15, 0.2) is 65.7 Å². The van der Waals surface area contributed by atoms with Crippen LogP contribution in [-0.4, -0.2) is 26.9 Å². The van der Waals surface area contributed by atoms with Crippen LogP contribution >= 0.6 is 0 Å². The molecule has 7 nitrogen and oxygen atoms in total. The molecule has 0 spiro atoms. The lowest BCUT2D eigenvalue weighted by molar-refractivity contribution is 0.174. The molecule has 1 saturated heterocycles. The van der Waals surface area contributed by atoms with E-state index >= 15 is 0 Å². The summed E-state index contributed by atoms with van der Waals surface area (Å²) in [7, 11) is -7.70. The highest BCUT2D eigenvalue weighted by molar-refractivity contribution is 7.90. The Morgan fingerprint density at radius 2 is 1.74 bits per heavy atom. The minimum atomic E-state index is -3.88. The van der Waals surface area contributed by atoms with Gasteiger partial charge in [-0.1, -0.05) is 36.4 Å². The van der Waals surface area contributed by atoms with Gasteiger partial charge in [-0.2, -0.15) is 13.1 Å². The van der Waals surface area contributed by atoms with Gasteiger partial charge in [0.25, 0.3) is 10.0 Å². The van der Waals surface area contributed by atoms with Crippen molar-refractivity contribution in [2.75, 3.05) is 0 Å². The molecule has 1 fully saturated rings. The van der Waals surface area contributed by atoms with Crippen LogP contribution in [0.1, 0.15) is 24.9 Å². The average Bonchev–Trinajstić information content (AvgIpc) is 3.01. The first-order valence-electron chi connectivity index (χ1n) is 8.39. The molecule has 1 aliphatic rings. The van der Waals surface area contributed by atoms with Gasteiger partial charge in [-0.15, -0.1) is 0 Å². The molecule has 0 amide bonds. The van der Waals surface area contributed by atoms with Gasteiger partial charge in [0.05, 0.1) is 22.6 Å². The fourth-order valence-electron chi connectivity index (χ4n) is 3.39. The minimum absolute atomic E-state index is 0.165. The van der Waals surface area contributed by atoms with Crippen molar-refractivity contribution in [3.63, 3.8) is 0 Å². The summed E-state index contributed by atoms with van der Waals surface area (Å²) >= 11 is 0. The summed E-state index contributed by atoms with van der Waals surface area (Å²) < 4.78 is 58.8. The van der Waals surface area contributed by atoms with Gasteiger partial charge in [0.1, 0.15) is 0 Å². The molecule has 1 aliphatic heterocycles. The van der Waals surface area contributed by atoms with Crippen molar-refractivity contribution in [2.45, 2.75) is 30.4 Å². The SMILES string of the molecule is C[C@H]1C[C@@H](c2cn(S(=O)(=O)c3ccccc3)c3ccccc23)NS(=O)(=O)O1. The van der Waals surface area contributed by atoms with Crippen LogP contribution in [0.2, 0.25) is 0 Å². The van der Waals surface area contributed by atoms with E-state index in [-0.39, 0.29) is 4.90 Å². The van der Waals surface area contributed by atoms with Crippen LogP contribution in [0.5, 0.6) is 0 Å². The Morgan fingerprint density at radius 3 is 2.44 bits per heavy atom. The second-order valence-corrected chi connectivity index (χ2v) is 9.63. The standard InChI is InChI=1S/C18H18N2O5S2/c1-13-11-17(19-27(23,24)25-13)16-12-20(18-10-6-5-9-15(16)18)26(21,22)14-7-3-2-4-8-14/h2-10,12-13,17,19H,11H2,1H3/t13-,17-/m0/s1. The van der Waals surface area contributed by atoms with Crippen molar-refractivity contribution in [2.24, 2.45) is 0 Å². The normalized spacial score (nSPS) is 22.7. The van der Waals surface area contributed by atoms with Gasteiger partial charge in [0.15, 0.2) is 0 Å². The van der Waals surface area contributed by atoms with Gasteiger partial charge in [0, 0.05) is 11.6 Å². The Morgan fingerprint density at radius 1 is 1.07 bits per heavy atom. The van der Waals surface area contributed by atoms with Gasteiger partial charge in [-0.05, 0) is 37.1 Å². The Labute approximate surface area is 157 Å². The average molecular weight is 406 g/mol. The zero-order valence-electron chi connectivity index (χ0n) is 14.4. The van der Waals surface area contributed by atoms with E-state index in [9.17, 15) is 16.8 Å². The number of nitrogens with zero attached hydrogens (tertiary/aromatic N) is 1. The lowest BCUT2D eigenvalue weighted by Gasteiger charge is -2.27. The minimum Gasteiger partial charge on any atom is -0.255 e. The van der Waals surface area contributed by atoms with Gasteiger partial charge >= 0.3 is 10.3 Å². The molecule has 0 unspecified atom stereocenters. The summed E-state index contributed by atoms with van der Waals surface area (Å²) in [5, 5.41) is 0.679. The van der Waals surface area contributed by atoms with E-state index in [0.29, 0.717) is 22.9 Å². The third-order valence-electron chi connectivity index (χ3n) is 4.53. The maximum absolute atomic E-state index is 13.1. The van der Waals surface area contributed by atoms with Gasteiger partial charge in [-0.25, -0.2) is 12.4 Å². The first kappa shape index (κ1) is 18.2. The number of benzene rings is 2. The van der Waals surface area contributed by atoms with Crippen molar-refractivity contribution in [3.05, 3.63) is 66.4 Å². The fraction of sp³-hybridized carbons (Fsp3) is 0.222. The maximum atomic E-state index is 13.1. The van der Waals surface area contributed by atoms with Crippen LogP contribution < -0.4 is 4.72 Å². The van der Waals surface area contributed by atoms with E-state index in [1.165, 1.54) is 22.3 Å². The Hall–Kier alpha value is -2.20. The highest BCUT2D eigenvalue weighted by Gasteiger charge is 2.33. The lowest BCUT2D eigenvalue weighted by Crippen LogP contribution is -2.39. The number of para-hydroxylation sites is 1. The van der Waals surface area contributed by atoms with E-state index in [4.69, 9.17) is 4.18 Å². The van der Waals surface area contributed by atoms with Gasteiger partial charge in [-0.3, -0.25) is 4.18 Å². The maximum Gasteiger partial charge on any atom is 0.336 e. The number of hydrogen-bond acceptors (Lipinski definition) is 5. The number of fused-ring (bicyclic) bond motifs is 1. The quantitative estimate of drug-likeness (QED) is 0.721. The van der Waals surface area contributed by atoms with Crippen LogP contribution in [0.4, 0.5) is 0 Å². The summed E-state index contributed by atoms with van der Waals surface area (Å²) in [6, 6.07) is 14.6. The highest BCUT2D eigenvalue weighted by atomic mass is 32.2. The summed E-state index contributed by atoms with van der Waals surface area (Å²) in [6.07, 6.45) is 1.39. The molecular weight excluding hydrogens is 388 g/mol. The molecule has 1 aromatic heterocycles. The number of aromatic nitrogens is 1. The number of rotatable bonds is 3. The van der Waals surface area contributed by atoms with E-state index in [2.05, 4.69) is 4.72 Å². The topological polar surface area (TPSA) is 94.5 Å². The van der Waals surface area contributed by atoms with Crippen LogP contribution in [0, 0.1) is 0 Å². The summed E-state index contributed by atoms with van der Waals surface area (Å²) in [5.41, 5.74) is 1.10. The summed E-state index contributed by atoms with van der Waals surface area (Å²) in [5.74, 6) is 0. The molecule has 2 atom stereocenters. The number of hydrogen-bond donors (Lipinski definition) is 1. The first-order valence-corrected chi connectivity index (χ1v) is 11.2. The molecule has 0 radical (unpaired) electrons. The number of nitrogens with one attached hydrogen (secondary N) is 1. The third kappa shape index (κ3) is 3.27. The molecule has 0 bridgehead atoms. The van der Waals surface area contributed by atoms with Crippen molar-refractivity contribution >= 4 is 31.2 Å².